The zero-order chi connectivity index (χ0) is 14.0. The number of carbonyl (C=O) groups excluding carboxylic acids is 1. The van der Waals surface area contributed by atoms with E-state index in [1.807, 2.05) is 32.9 Å². The molecule has 1 fully saturated rings. The minimum absolute atomic E-state index is 0.0175. The summed E-state index contributed by atoms with van der Waals surface area (Å²) in [6.45, 7) is 10.1. The Labute approximate surface area is 114 Å². The molecule has 0 aromatic carbocycles. The Morgan fingerprint density at radius 3 is 2.84 bits per heavy atom. The molecule has 19 heavy (non-hydrogen) atoms. The third-order valence-electron chi connectivity index (χ3n) is 2.95. The standard InChI is InChI=1S/C15H20N2O2/c1-11-8-13(12-6-5-7-16-9-12)17(10-11)14(18)19-15(2,3)4/h5-7,9,13H,1,8,10H2,2-4H3/t13-/m1/s1. The summed E-state index contributed by atoms with van der Waals surface area (Å²) in [5.74, 6) is 0. The van der Waals surface area contributed by atoms with E-state index in [1.54, 1.807) is 17.3 Å². The van der Waals surface area contributed by atoms with Crippen LogP contribution in [0.25, 0.3) is 0 Å². The van der Waals surface area contributed by atoms with Crippen LogP contribution in [0.15, 0.2) is 36.7 Å². The average molecular weight is 260 g/mol. The van der Waals surface area contributed by atoms with Crippen molar-refractivity contribution in [1.82, 2.24) is 9.88 Å². The normalized spacial score (nSPS) is 19.6. The number of carbonyl (C=O) groups is 1. The molecule has 1 aromatic rings. The summed E-state index contributed by atoms with van der Waals surface area (Å²) in [7, 11) is 0. The molecule has 4 heteroatoms. The van der Waals surface area contributed by atoms with Gasteiger partial charge in [0.2, 0.25) is 0 Å². The molecule has 2 heterocycles. The molecule has 1 aromatic heterocycles. The van der Waals surface area contributed by atoms with E-state index in [9.17, 15) is 4.79 Å². The molecule has 1 aliphatic rings. The van der Waals surface area contributed by atoms with Crippen LogP contribution >= 0.6 is 0 Å². The highest BCUT2D eigenvalue weighted by atomic mass is 16.6. The van der Waals surface area contributed by atoms with E-state index in [2.05, 4.69) is 11.6 Å². The van der Waals surface area contributed by atoms with Crippen molar-refractivity contribution in [2.24, 2.45) is 0 Å². The first-order valence-electron chi connectivity index (χ1n) is 6.43. The summed E-state index contributed by atoms with van der Waals surface area (Å²) in [4.78, 5) is 18.1. The molecule has 1 saturated heterocycles. The maximum Gasteiger partial charge on any atom is 0.411 e. The van der Waals surface area contributed by atoms with Gasteiger partial charge >= 0.3 is 6.09 Å². The summed E-state index contributed by atoms with van der Waals surface area (Å²) in [5, 5.41) is 0. The second kappa shape index (κ2) is 5.03. The smallest absolute Gasteiger partial charge is 0.411 e. The Kier molecular flexibility index (Phi) is 3.60. The second-order valence-electron chi connectivity index (χ2n) is 5.86. The molecular weight excluding hydrogens is 240 g/mol. The molecule has 1 atom stereocenters. The van der Waals surface area contributed by atoms with Gasteiger partial charge in [0, 0.05) is 18.9 Å². The molecule has 0 unspecified atom stereocenters. The van der Waals surface area contributed by atoms with Gasteiger partial charge in [0.05, 0.1) is 6.04 Å². The van der Waals surface area contributed by atoms with E-state index >= 15 is 0 Å². The molecule has 0 spiro atoms. The van der Waals surface area contributed by atoms with Crippen molar-refractivity contribution in [3.05, 3.63) is 42.2 Å². The summed E-state index contributed by atoms with van der Waals surface area (Å²) >= 11 is 0. The predicted molar refractivity (Wildman–Crippen MR) is 73.7 cm³/mol. The van der Waals surface area contributed by atoms with Crippen LogP contribution in [-0.2, 0) is 4.74 Å². The summed E-state index contributed by atoms with van der Waals surface area (Å²) < 4.78 is 5.45. The maximum atomic E-state index is 12.2. The van der Waals surface area contributed by atoms with Gasteiger partial charge in [-0.25, -0.2) is 4.79 Å². The van der Waals surface area contributed by atoms with E-state index in [4.69, 9.17) is 4.74 Å². The van der Waals surface area contributed by atoms with Gasteiger partial charge in [-0.1, -0.05) is 18.2 Å². The zero-order valence-electron chi connectivity index (χ0n) is 11.7. The first kappa shape index (κ1) is 13.6. The van der Waals surface area contributed by atoms with Gasteiger partial charge in [0.25, 0.3) is 0 Å². The van der Waals surface area contributed by atoms with E-state index in [0.717, 1.165) is 17.6 Å². The van der Waals surface area contributed by atoms with E-state index < -0.39 is 5.60 Å². The van der Waals surface area contributed by atoms with Crippen LogP contribution in [0.3, 0.4) is 0 Å². The Morgan fingerprint density at radius 2 is 2.26 bits per heavy atom. The third kappa shape index (κ3) is 3.34. The van der Waals surface area contributed by atoms with Crippen LogP contribution in [0.2, 0.25) is 0 Å². The molecule has 2 rings (SSSR count). The number of likely N-dealkylation sites (tertiary alicyclic amines) is 1. The summed E-state index contributed by atoms with van der Waals surface area (Å²) in [5.41, 5.74) is 1.58. The molecule has 1 aliphatic heterocycles. The Bertz CT molecular complexity index is 477. The Morgan fingerprint density at radius 1 is 1.53 bits per heavy atom. The number of amides is 1. The van der Waals surface area contributed by atoms with Crippen molar-refractivity contribution >= 4 is 6.09 Å². The number of hydrogen-bond donors (Lipinski definition) is 0. The molecular formula is C15H20N2O2. The lowest BCUT2D eigenvalue weighted by molar-refractivity contribution is 0.0227. The fraction of sp³-hybridized carbons (Fsp3) is 0.467. The topological polar surface area (TPSA) is 42.4 Å². The van der Waals surface area contributed by atoms with Crippen molar-refractivity contribution in [3.8, 4) is 0 Å². The molecule has 0 N–H and O–H groups in total. The molecule has 0 aliphatic carbocycles. The zero-order valence-corrected chi connectivity index (χ0v) is 11.7. The Hall–Kier alpha value is -1.84. The van der Waals surface area contributed by atoms with Crippen molar-refractivity contribution in [3.63, 3.8) is 0 Å². The minimum atomic E-state index is -0.486. The van der Waals surface area contributed by atoms with Gasteiger partial charge in [0.15, 0.2) is 0 Å². The van der Waals surface area contributed by atoms with Crippen LogP contribution in [0.5, 0.6) is 0 Å². The lowest BCUT2D eigenvalue weighted by Gasteiger charge is -2.28. The lowest BCUT2D eigenvalue weighted by atomic mass is 10.1. The SMILES string of the molecule is C=C1C[C@H](c2cccnc2)N(C(=O)OC(C)(C)C)C1. The van der Waals surface area contributed by atoms with Gasteiger partial charge in [-0.15, -0.1) is 0 Å². The minimum Gasteiger partial charge on any atom is -0.444 e. The second-order valence-corrected chi connectivity index (χ2v) is 5.86. The number of nitrogens with zero attached hydrogens (tertiary/aromatic N) is 2. The predicted octanol–water partition coefficient (Wildman–Crippen LogP) is 3.32. The molecule has 0 saturated carbocycles. The fourth-order valence-electron chi connectivity index (χ4n) is 2.18. The summed E-state index contributed by atoms with van der Waals surface area (Å²) in [6.07, 6.45) is 4.00. The number of aromatic nitrogens is 1. The van der Waals surface area contributed by atoms with Crippen LogP contribution < -0.4 is 0 Å². The number of pyridine rings is 1. The molecule has 0 radical (unpaired) electrons. The quantitative estimate of drug-likeness (QED) is 0.727. The Balaban J connectivity index is 2.19. The molecule has 0 bridgehead atoms. The third-order valence-corrected chi connectivity index (χ3v) is 2.95. The first-order chi connectivity index (χ1) is 8.87. The number of hydrogen-bond acceptors (Lipinski definition) is 3. The van der Waals surface area contributed by atoms with E-state index in [0.29, 0.717) is 6.54 Å². The van der Waals surface area contributed by atoms with Crippen molar-refractivity contribution in [1.29, 1.82) is 0 Å². The average Bonchev–Trinajstić information content (AvgIpc) is 2.70. The highest BCUT2D eigenvalue weighted by molar-refractivity contribution is 5.70. The van der Waals surface area contributed by atoms with Crippen molar-refractivity contribution < 1.29 is 9.53 Å². The maximum absolute atomic E-state index is 12.2. The van der Waals surface area contributed by atoms with Gasteiger partial charge in [0.1, 0.15) is 5.60 Å². The van der Waals surface area contributed by atoms with Gasteiger partial charge in [-0.2, -0.15) is 0 Å². The molecule has 1 amide bonds. The molecule has 4 nitrogen and oxygen atoms in total. The van der Waals surface area contributed by atoms with Crippen LogP contribution in [0.4, 0.5) is 4.79 Å². The molecule has 102 valence electrons. The summed E-state index contributed by atoms with van der Waals surface area (Å²) in [6, 6.07) is 3.84. The fourth-order valence-corrected chi connectivity index (χ4v) is 2.18. The lowest BCUT2D eigenvalue weighted by Crippen LogP contribution is -2.36. The first-order valence-corrected chi connectivity index (χ1v) is 6.43. The largest absolute Gasteiger partial charge is 0.444 e. The van der Waals surface area contributed by atoms with E-state index in [1.165, 1.54) is 0 Å². The van der Waals surface area contributed by atoms with E-state index in [-0.39, 0.29) is 12.1 Å². The van der Waals surface area contributed by atoms with Gasteiger partial charge in [-0.3, -0.25) is 9.88 Å². The monoisotopic (exact) mass is 260 g/mol. The van der Waals surface area contributed by atoms with Crippen molar-refractivity contribution in [2.45, 2.75) is 38.8 Å². The highest BCUT2D eigenvalue weighted by Crippen LogP contribution is 2.34. The van der Waals surface area contributed by atoms with Crippen LogP contribution in [-0.4, -0.2) is 28.1 Å². The number of ether oxygens (including phenoxy) is 1. The highest BCUT2D eigenvalue weighted by Gasteiger charge is 2.34. The van der Waals surface area contributed by atoms with Crippen molar-refractivity contribution in [2.75, 3.05) is 6.54 Å². The number of rotatable bonds is 1. The van der Waals surface area contributed by atoms with Gasteiger partial charge in [-0.05, 0) is 38.8 Å². The van der Waals surface area contributed by atoms with Crippen LogP contribution in [0.1, 0.15) is 38.8 Å². The van der Waals surface area contributed by atoms with Gasteiger partial charge < -0.3 is 4.74 Å². The van der Waals surface area contributed by atoms with Crippen LogP contribution in [0, 0.1) is 0 Å².